The zero-order chi connectivity index (χ0) is 13.7. The monoisotopic (exact) mass is 270 g/mol. The number of aliphatic hydroxyl groups excluding tert-OH is 1. The molecule has 1 aromatic carbocycles. The zero-order valence-electron chi connectivity index (χ0n) is 10.9. The molecule has 5 heteroatoms. The van der Waals surface area contributed by atoms with Gasteiger partial charge < -0.3 is 15.3 Å². The van der Waals surface area contributed by atoms with Crippen LogP contribution in [0.1, 0.15) is 18.4 Å². The average Bonchev–Trinajstić information content (AvgIpc) is 3.20. The molecule has 2 N–H and O–H groups in total. The van der Waals surface area contributed by atoms with Crippen molar-refractivity contribution in [1.82, 2.24) is 5.32 Å². The summed E-state index contributed by atoms with van der Waals surface area (Å²) in [6, 6.07) is 8.11. The van der Waals surface area contributed by atoms with Crippen molar-refractivity contribution in [3.8, 4) is 0 Å². The van der Waals surface area contributed by atoms with Crippen molar-refractivity contribution in [2.24, 2.45) is 0 Å². The van der Waals surface area contributed by atoms with Crippen LogP contribution in [-0.4, -0.2) is 37.3 Å². The van der Waals surface area contributed by atoms with E-state index in [0.29, 0.717) is 12.6 Å². The fourth-order valence-corrected chi connectivity index (χ4v) is 2.11. The standard InChI is InChI=1S/C14H20F2N2O/c15-14(16)10-18(7-8-19)13-4-2-1-3-11(13)9-17-12-5-6-12/h1-4,12,14,17,19H,5-10H2. The van der Waals surface area contributed by atoms with Crippen LogP contribution in [0.25, 0.3) is 0 Å². The van der Waals surface area contributed by atoms with Gasteiger partial charge in [0.25, 0.3) is 6.43 Å². The summed E-state index contributed by atoms with van der Waals surface area (Å²) in [6.07, 6.45) is -0.0185. The van der Waals surface area contributed by atoms with Gasteiger partial charge in [-0.05, 0) is 24.5 Å². The van der Waals surface area contributed by atoms with Crippen molar-refractivity contribution in [2.45, 2.75) is 31.9 Å². The van der Waals surface area contributed by atoms with Crippen molar-refractivity contribution in [3.63, 3.8) is 0 Å². The number of para-hydroxylation sites is 1. The van der Waals surface area contributed by atoms with Gasteiger partial charge in [0.2, 0.25) is 0 Å². The molecule has 0 amide bonds. The van der Waals surface area contributed by atoms with Gasteiger partial charge in [0.05, 0.1) is 13.2 Å². The molecule has 3 nitrogen and oxygen atoms in total. The maximum Gasteiger partial charge on any atom is 0.255 e. The molecule has 1 saturated carbocycles. The average molecular weight is 270 g/mol. The Balaban J connectivity index is 2.09. The predicted octanol–water partition coefficient (Wildman–Crippen LogP) is 2.00. The molecule has 1 fully saturated rings. The lowest BCUT2D eigenvalue weighted by molar-refractivity contribution is 0.152. The lowest BCUT2D eigenvalue weighted by Crippen LogP contribution is -2.33. The molecule has 2 rings (SSSR count). The van der Waals surface area contributed by atoms with Crippen LogP contribution in [0.15, 0.2) is 24.3 Å². The summed E-state index contributed by atoms with van der Waals surface area (Å²) in [4.78, 5) is 1.55. The van der Waals surface area contributed by atoms with E-state index in [1.807, 2.05) is 24.3 Å². The van der Waals surface area contributed by atoms with E-state index in [9.17, 15) is 8.78 Å². The van der Waals surface area contributed by atoms with E-state index in [-0.39, 0.29) is 19.7 Å². The van der Waals surface area contributed by atoms with E-state index in [0.717, 1.165) is 11.3 Å². The topological polar surface area (TPSA) is 35.5 Å². The maximum atomic E-state index is 12.6. The Labute approximate surface area is 112 Å². The van der Waals surface area contributed by atoms with Crippen molar-refractivity contribution >= 4 is 5.69 Å². The van der Waals surface area contributed by atoms with Crippen molar-refractivity contribution in [2.75, 3.05) is 24.6 Å². The molecule has 0 aliphatic heterocycles. The number of hydrogen-bond acceptors (Lipinski definition) is 3. The highest BCUT2D eigenvalue weighted by molar-refractivity contribution is 5.53. The van der Waals surface area contributed by atoms with Gasteiger partial charge in [-0.2, -0.15) is 0 Å². The zero-order valence-corrected chi connectivity index (χ0v) is 10.9. The minimum Gasteiger partial charge on any atom is -0.395 e. The van der Waals surface area contributed by atoms with Gasteiger partial charge in [-0.15, -0.1) is 0 Å². The van der Waals surface area contributed by atoms with E-state index in [2.05, 4.69) is 5.32 Å². The first kappa shape index (κ1) is 14.2. The SMILES string of the molecule is OCCN(CC(F)F)c1ccccc1CNC1CC1. The Morgan fingerprint density at radius 1 is 1.32 bits per heavy atom. The van der Waals surface area contributed by atoms with Gasteiger partial charge >= 0.3 is 0 Å². The molecule has 0 heterocycles. The Morgan fingerprint density at radius 2 is 2.05 bits per heavy atom. The molecule has 0 aromatic heterocycles. The van der Waals surface area contributed by atoms with Crippen LogP contribution in [-0.2, 0) is 6.54 Å². The molecular formula is C14H20F2N2O. The Bertz CT molecular complexity index is 397. The van der Waals surface area contributed by atoms with Gasteiger partial charge in [-0.25, -0.2) is 8.78 Å². The number of alkyl halides is 2. The molecular weight excluding hydrogens is 250 g/mol. The van der Waals surface area contributed by atoms with E-state index >= 15 is 0 Å². The molecule has 1 aliphatic carbocycles. The van der Waals surface area contributed by atoms with Crippen LogP contribution in [0.5, 0.6) is 0 Å². The molecule has 1 aromatic rings. The van der Waals surface area contributed by atoms with Crippen molar-refractivity contribution in [3.05, 3.63) is 29.8 Å². The number of rotatable bonds is 8. The lowest BCUT2D eigenvalue weighted by atomic mass is 10.1. The predicted molar refractivity (Wildman–Crippen MR) is 71.6 cm³/mol. The molecule has 1 aliphatic rings. The number of nitrogens with one attached hydrogen (secondary N) is 1. The van der Waals surface area contributed by atoms with Crippen LogP contribution in [0.2, 0.25) is 0 Å². The third-order valence-electron chi connectivity index (χ3n) is 3.22. The Kier molecular flexibility index (Phi) is 5.10. The fourth-order valence-electron chi connectivity index (χ4n) is 2.11. The highest BCUT2D eigenvalue weighted by Gasteiger charge is 2.21. The van der Waals surface area contributed by atoms with E-state index < -0.39 is 6.43 Å². The first-order chi connectivity index (χ1) is 9.20. The maximum absolute atomic E-state index is 12.6. The Hall–Kier alpha value is -1.20. The summed E-state index contributed by atoms with van der Waals surface area (Å²) in [6.45, 7) is 0.439. The van der Waals surface area contributed by atoms with Gasteiger partial charge in [-0.3, -0.25) is 0 Å². The largest absolute Gasteiger partial charge is 0.395 e. The number of aliphatic hydroxyl groups is 1. The van der Waals surface area contributed by atoms with Crippen LogP contribution < -0.4 is 10.2 Å². The molecule has 0 spiro atoms. The van der Waals surface area contributed by atoms with E-state index in [1.165, 1.54) is 12.8 Å². The molecule has 19 heavy (non-hydrogen) atoms. The molecule has 0 saturated heterocycles. The first-order valence-electron chi connectivity index (χ1n) is 6.66. The second-order valence-electron chi connectivity index (χ2n) is 4.84. The molecule has 0 bridgehead atoms. The van der Waals surface area contributed by atoms with Crippen LogP contribution >= 0.6 is 0 Å². The summed E-state index contributed by atoms with van der Waals surface area (Å²) in [5.74, 6) is 0. The summed E-state index contributed by atoms with van der Waals surface area (Å²) < 4.78 is 25.2. The lowest BCUT2D eigenvalue weighted by Gasteiger charge is -2.26. The van der Waals surface area contributed by atoms with Crippen LogP contribution in [0.4, 0.5) is 14.5 Å². The van der Waals surface area contributed by atoms with Gasteiger partial charge in [-0.1, -0.05) is 18.2 Å². The van der Waals surface area contributed by atoms with E-state index in [1.54, 1.807) is 4.90 Å². The third-order valence-corrected chi connectivity index (χ3v) is 3.22. The number of nitrogens with zero attached hydrogens (tertiary/aromatic N) is 1. The summed E-state index contributed by atoms with van der Waals surface area (Å²) >= 11 is 0. The van der Waals surface area contributed by atoms with Crippen molar-refractivity contribution in [1.29, 1.82) is 0 Å². The van der Waals surface area contributed by atoms with Crippen molar-refractivity contribution < 1.29 is 13.9 Å². The van der Waals surface area contributed by atoms with Gasteiger partial charge in [0.1, 0.15) is 0 Å². The van der Waals surface area contributed by atoms with Crippen LogP contribution in [0, 0.1) is 0 Å². The minimum atomic E-state index is -2.41. The smallest absolute Gasteiger partial charge is 0.255 e. The van der Waals surface area contributed by atoms with E-state index in [4.69, 9.17) is 5.11 Å². The fraction of sp³-hybridized carbons (Fsp3) is 0.571. The number of hydrogen-bond donors (Lipinski definition) is 2. The van der Waals surface area contributed by atoms with Crippen LogP contribution in [0.3, 0.4) is 0 Å². The molecule has 0 atom stereocenters. The Morgan fingerprint density at radius 3 is 2.68 bits per heavy atom. The summed E-state index contributed by atoms with van der Waals surface area (Å²) in [5.41, 5.74) is 1.79. The minimum absolute atomic E-state index is 0.128. The second-order valence-corrected chi connectivity index (χ2v) is 4.84. The van der Waals surface area contributed by atoms with Gasteiger partial charge in [0.15, 0.2) is 0 Å². The summed E-state index contributed by atoms with van der Waals surface area (Å²) in [5, 5.41) is 12.4. The highest BCUT2D eigenvalue weighted by atomic mass is 19.3. The molecule has 106 valence electrons. The summed E-state index contributed by atoms with van der Waals surface area (Å²) in [7, 11) is 0. The second kappa shape index (κ2) is 6.82. The molecule has 0 radical (unpaired) electrons. The number of benzene rings is 1. The number of anilines is 1. The van der Waals surface area contributed by atoms with Gasteiger partial charge in [0, 0.05) is 24.8 Å². The first-order valence-corrected chi connectivity index (χ1v) is 6.66. The third kappa shape index (κ3) is 4.44. The molecule has 0 unspecified atom stereocenters. The highest BCUT2D eigenvalue weighted by Crippen LogP contribution is 2.24. The quantitative estimate of drug-likeness (QED) is 0.758. The number of halogens is 2. The normalized spacial score (nSPS) is 14.9.